The summed E-state index contributed by atoms with van der Waals surface area (Å²) >= 11 is 5.62. The minimum atomic E-state index is -4.81. The Morgan fingerprint density at radius 2 is 1.78 bits per heavy atom. The van der Waals surface area contributed by atoms with E-state index in [4.69, 9.17) is 11.6 Å². The van der Waals surface area contributed by atoms with E-state index in [1.807, 2.05) is 0 Å². The molecule has 1 aromatic heterocycles. The van der Waals surface area contributed by atoms with Crippen molar-refractivity contribution in [1.29, 1.82) is 0 Å². The van der Waals surface area contributed by atoms with Gasteiger partial charge in [-0.15, -0.1) is 0 Å². The fourth-order valence-corrected chi connectivity index (χ4v) is 3.45. The lowest BCUT2D eigenvalue weighted by atomic mass is 10.1. The number of pyridine rings is 1. The zero-order valence-electron chi connectivity index (χ0n) is 16.4. The normalized spacial score (nSPS) is 21.2. The molecule has 2 N–H and O–H groups in total. The maximum atomic E-state index is 14.2. The van der Waals surface area contributed by atoms with Crippen LogP contribution in [0.4, 0.5) is 33.5 Å². The molecule has 32 heavy (non-hydrogen) atoms. The first-order chi connectivity index (χ1) is 14.7. The molecule has 1 fully saturated rings. The Hall–Kier alpha value is -2.83. The Kier molecular flexibility index (Phi) is 6.15. The predicted molar refractivity (Wildman–Crippen MR) is 102 cm³/mol. The molecule has 3 atom stereocenters. The highest BCUT2D eigenvalue weighted by Gasteiger charge is 2.53. The number of carbonyl (C=O) groups is 2. The van der Waals surface area contributed by atoms with Crippen molar-refractivity contribution in [1.82, 2.24) is 4.98 Å². The van der Waals surface area contributed by atoms with Crippen molar-refractivity contribution in [2.24, 2.45) is 0 Å². The minimum Gasteiger partial charge on any atom is -0.387 e. The number of amides is 2. The molecule has 2 aromatic rings. The number of anilines is 2. The zero-order valence-corrected chi connectivity index (χ0v) is 17.1. The summed E-state index contributed by atoms with van der Waals surface area (Å²) in [5.41, 5.74) is -1.87. The number of aliphatic hydroxyl groups excluding tert-OH is 2. The Bertz CT molecular complexity index is 1100. The van der Waals surface area contributed by atoms with Gasteiger partial charge in [-0.3, -0.25) is 14.5 Å². The second kappa shape index (κ2) is 8.26. The number of aryl methyl sites for hydroxylation is 1. The van der Waals surface area contributed by atoms with Gasteiger partial charge >= 0.3 is 6.18 Å². The van der Waals surface area contributed by atoms with Crippen LogP contribution in [-0.2, 0) is 15.8 Å². The molecule has 0 aliphatic carbocycles. The van der Waals surface area contributed by atoms with Crippen molar-refractivity contribution in [2.45, 2.75) is 31.3 Å². The van der Waals surface area contributed by atoms with Crippen molar-refractivity contribution < 1.29 is 41.8 Å². The number of likely N-dealkylation sites (N-methyl/N-ethyl adjacent to an activating group) is 1. The molecular weight excluding hydrogens is 465 g/mol. The van der Waals surface area contributed by atoms with Crippen molar-refractivity contribution in [3.8, 4) is 0 Å². The van der Waals surface area contributed by atoms with Crippen LogP contribution in [0.3, 0.4) is 0 Å². The Labute approximate surface area is 182 Å². The van der Waals surface area contributed by atoms with Crippen LogP contribution < -0.4 is 9.80 Å². The number of aromatic nitrogens is 1. The van der Waals surface area contributed by atoms with E-state index in [0.717, 1.165) is 13.1 Å². The van der Waals surface area contributed by atoms with Gasteiger partial charge in [0.25, 0.3) is 11.8 Å². The summed E-state index contributed by atoms with van der Waals surface area (Å²) in [5, 5.41) is 19.8. The lowest BCUT2D eigenvalue weighted by Crippen LogP contribution is -2.50. The number of benzene rings is 1. The first-order valence-electron chi connectivity index (χ1n) is 8.91. The molecule has 1 aliphatic heterocycles. The number of rotatable bonds is 3. The molecule has 2 heterocycles. The molecule has 2 unspecified atom stereocenters. The second-order valence-electron chi connectivity index (χ2n) is 7.06. The van der Waals surface area contributed by atoms with Gasteiger partial charge in [-0.25, -0.2) is 13.8 Å². The van der Waals surface area contributed by atoms with Crippen LogP contribution in [-0.4, -0.2) is 52.3 Å². The second-order valence-corrected chi connectivity index (χ2v) is 7.46. The number of hydrogen-bond donors (Lipinski definition) is 2. The number of aliphatic hydroxyl groups is 2. The Morgan fingerprint density at radius 1 is 1.16 bits per heavy atom. The third kappa shape index (κ3) is 4.12. The summed E-state index contributed by atoms with van der Waals surface area (Å²) in [6.45, 7) is 1.21. The predicted octanol–water partition coefficient (Wildman–Crippen LogP) is 2.44. The summed E-state index contributed by atoms with van der Waals surface area (Å²) in [6.07, 6.45) is -9.05. The van der Waals surface area contributed by atoms with Gasteiger partial charge in [0.15, 0.2) is 6.10 Å². The van der Waals surface area contributed by atoms with E-state index in [0.29, 0.717) is 28.0 Å². The van der Waals surface area contributed by atoms with Crippen molar-refractivity contribution in [3.63, 3.8) is 0 Å². The van der Waals surface area contributed by atoms with E-state index in [-0.39, 0.29) is 5.69 Å². The summed E-state index contributed by atoms with van der Waals surface area (Å²) in [5.74, 6) is -5.44. The fourth-order valence-electron chi connectivity index (χ4n) is 3.29. The summed E-state index contributed by atoms with van der Waals surface area (Å²) in [6, 6.07) is 0.408. The average molecular weight is 480 g/mol. The molecule has 0 bridgehead atoms. The van der Waals surface area contributed by atoms with E-state index in [1.54, 1.807) is 0 Å². The summed E-state index contributed by atoms with van der Waals surface area (Å²) < 4.78 is 67.3. The molecule has 1 aliphatic rings. The monoisotopic (exact) mass is 479 g/mol. The highest BCUT2D eigenvalue weighted by atomic mass is 35.5. The molecule has 0 spiro atoms. The highest BCUT2D eigenvalue weighted by Crippen LogP contribution is 2.35. The highest BCUT2D eigenvalue weighted by molar-refractivity contribution is 6.31. The molecule has 1 saturated heterocycles. The number of hydrogen-bond acceptors (Lipinski definition) is 5. The van der Waals surface area contributed by atoms with Crippen LogP contribution >= 0.6 is 11.6 Å². The summed E-state index contributed by atoms with van der Waals surface area (Å²) in [7, 11) is 1.01. The first-order valence-corrected chi connectivity index (χ1v) is 9.29. The first kappa shape index (κ1) is 23.8. The van der Waals surface area contributed by atoms with E-state index >= 15 is 0 Å². The number of alkyl halides is 3. The van der Waals surface area contributed by atoms with Gasteiger partial charge in [0.05, 0.1) is 16.3 Å². The molecule has 0 radical (unpaired) electrons. The third-order valence-corrected chi connectivity index (χ3v) is 5.15. The molecule has 13 heteroatoms. The number of carbonyl (C=O) groups excluding carboxylic acids is 2. The third-order valence-electron chi connectivity index (χ3n) is 4.86. The average Bonchev–Trinajstić information content (AvgIpc) is 2.92. The van der Waals surface area contributed by atoms with Gasteiger partial charge in [-0.1, -0.05) is 11.6 Å². The van der Waals surface area contributed by atoms with Crippen molar-refractivity contribution >= 4 is 34.9 Å². The van der Waals surface area contributed by atoms with E-state index in [1.165, 1.54) is 6.92 Å². The summed E-state index contributed by atoms with van der Waals surface area (Å²) in [4.78, 5) is 30.4. The van der Waals surface area contributed by atoms with E-state index in [2.05, 4.69) is 4.98 Å². The lowest BCUT2D eigenvalue weighted by molar-refractivity contribution is -0.137. The molecular formula is C19H15ClF5N3O4. The van der Waals surface area contributed by atoms with Gasteiger partial charge in [-0.05, 0) is 25.1 Å². The quantitative estimate of drug-likeness (QED) is 0.521. The molecule has 2 amide bonds. The topological polar surface area (TPSA) is 94.0 Å². The molecule has 0 saturated carbocycles. The van der Waals surface area contributed by atoms with Crippen LogP contribution in [0.5, 0.6) is 0 Å². The van der Waals surface area contributed by atoms with Crippen LogP contribution in [0, 0.1) is 18.6 Å². The Morgan fingerprint density at radius 3 is 2.38 bits per heavy atom. The fraction of sp³-hybridized carbons (Fsp3) is 0.316. The van der Waals surface area contributed by atoms with Crippen LogP contribution in [0.15, 0.2) is 24.3 Å². The molecule has 3 rings (SSSR count). The zero-order chi connectivity index (χ0) is 24.1. The number of nitrogens with zero attached hydrogens (tertiary/aromatic N) is 3. The smallest absolute Gasteiger partial charge is 0.387 e. The van der Waals surface area contributed by atoms with Crippen molar-refractivity contribution in [3.05, 3.63) is 52.2 Å². The minimum absolute atomic E-state index is 0.158. The SMILES string of the molecule is Cc1cc(C(F)(F)F)cc(N2C(=O)C(O)C(O)[C@H]2C(=O)N(C)c2cc(Cl)c(F)cc2F)n1. The van der Waals surface area contributed by atoms with Crippen LogP contribution in [0.2, 0.25) is 5.02 Å². The maximum absolute atomic E-state index is 14.2. The van der Waals surface area contributed by atoms with Crippen molar-refractivity contribution in [2.75, 3.05) is 16.8 Å². The van der Waals surface area contributed by atoms with E-state index < -0.39 is 70.0 Å². The lowest BCUT2D eigenvalue weighted by Gasteiger charge is -2.29. The van der Waals surface area contributed by atoms with Crippen LogP contribution in [0.25, 0.3) is 0 Å². The maximum Gasteiger partial charge on any atom is 0.416 e. The largest absolute Gasteiger partial charge is 0.416 e. The molecule has 172 valence electrons. The van der Waals surface area contributed by atoms with Gasteiger partial charge in [0, 0.05) is 18.8 Å². The molecule has 1 aromatic carbocycles. The van der Waals surface area contributed by atoms with Gasteiger partial charge in [0.2, 0.25) is 0 Å². The molecule has 7 nitrogen and oxygen atoms in total. The van der Waals surface area contributed by atoms with E-state index in [9.17, 15) is 41.8 Å². The number of halogens is 6. The van der Waals surface area contributed by atoms with Gasteiger partial charge in [0.1, 0.15) is 29.6 Å². The van der Waals surface area contributed by atoms with Gasteiger partial charge in [-0.2, -0.15) is 13.2 Å². The van der Waals surface area contributed by atoms with Gasteiger partial charge < -0.3 is 15.1 Å². The Balaban J connectivity index is 2.08. The van der Waals surface area contributed by atoms with Crippen LogP contribution in [0.1, 0.15) is 11.3 Å². The standard InChI is InChI=1S/C19H15ClF5N3O4/c1-7-3-8(19(23,24)25)4-13(26-7)28-14(15(29)16(30)18(28)32)17(31)27(2)12-5-9(20)10(21)6-11(12)22/h3-6,14-16,29-30H,1-2H3/t14-,15?,16?/m0/s1.